The van der Waals surface area contributed by atoms with E-state index >= 15 is 0 Å². The van der Waals surface area contributed by atoms with Gasteiger partial charge in [-0.25, -0.2) is 4.79 Å². The highest BCUT2D eigenvalue weighted by atomic mass is 16.5. The van der Waals surface area contributed by atoms with Crippen molar-refractivity contribution in [2.75, 3.05) is 0 Å². The minimum atomic E-state index is -0.980. The first-order chi connectivity index (χ1) is 6.74. The number of hydrogen-bond acceptors (Lipinski definition) is 3. The van der Waals surface area contributed by atoms with Crippen LogP contribution in [0.4, 0.5) is 0 Å². The normalized spacial score (nSPS) is 20.5. The monoisotopic (exact) mass is 195 g/mol. The van der Waals surface area contributed by atoms with E-state index in [9.17, 15) is 4.79 Å². The fourth-order valence-electron chi connectivity index (χ4n) is 2.10. The zero-order valence-corrected chi connectivity index (χ0v) is 8.12. The van der Waals surface area contributed by atoms with Crippen LogP contribution in [-0.2, 0) is 6.42 Å². The zero-order chi connectivity index (χ0) is 10.1. The van der Waals surface area contributed by atoms with Crippen molar-refractivity contribution in [2.45, 2.75) is 38.5 Å². The summed E-state index contributed by atoms with van der Waals surface area (Å²) >= 11 is 0. The van der Waals surface area contributed by atoms with Crippen LogP contribution in [0.1, 0.15) is 53.9 Å². The fourth-order valence-corrected chi connectivity index (χ4v) is 2.10. The second-order valence-corrected chi connectivity index (χ2v) is 3.68. The van der Waals surface area contributed by atoms with E-state index in [2.05, 4.69) is 12.1 Å². The van der Waals surface area contributed by atoms with Gasteiger partial charge in [0.05, 0.1) is 0 Å². The Hall–Kier alpha value is -1.32. The van der Waals surface area contributed by atoms with E-state index in [1.807, 2.05) is 0 Å². The van der Waals surface area contributed by atoms with Crippen LogP contribution in [-0.4, -0.2) is 16.2 Å². The van der Waals surface area contributed by atoms with Gasteiger partial charge in [-0.05, 0) is 25.7 Å². The summed E-state index contributed by atoms with van der Waals surface area (Å²) in [6.45, 7) is 2.09. The molecule has 1 aliphatic rings. The molecule has 76 valence electrons. The summed E-state index contributed by atoms with van der Waals surface area (Å²) in [4.78, 5) is 10.8. The molecule has 0 aromatic carbocycles. The summed E-state index contributed by atoms with van der Waals surface area (Å²) in [6, 6.07) is 0. The molecular formula is C10H13NO3. The predicted molar refractivity (Wildman–Crippen MR) is 49.4 cm³/mol. The number of fused-ring (bicyclic) bond motifs is 1. The number of carboxylic acid groups (broad SMARTS) is 1. The van der Waals surface area contributed by atoms with Crippen molar-refractivity contribution in [3.05, 3.63) is 17.0 Å². The predicted octanol–water partition coefficient (Wildman–Crippen LogP) is 2.20. The van der Waals surface area contributed by atoms with Gasteiger partial charge >= 0.3 is 5.97 Å². The third-order valence-corrected chi connectivity index (χ3v) is 2.86. The van der Waals surface area contributed by atoms with Crippen molar-refractivity contribution < 1.29 is 14.4 Å². The Labute approximate surface area is 81.9 Å². The number of nitrogens with zero attached hydrogens (tertiary/aromatic N) is 1. The number of aromatic carboxylic acids is 1. The van der Waals surface area contributed by atoms with Crippen LogP contribution >= 0.6 is 0 Å². The second-order valence-electron chi connectivity index (χ2n) is 3.68. The van der Waals surface area contributed by atoms with E-state index in [4.69, 9.17) is 9.63 Å². The quantitative estimate of drug-likeness (QED) is 0.785. The summed E-state index contributed by atoms with van der Waals surface area (Å²) in [5, 5.41) is 12.5. The Kier molecular flexibility index (Phi) is 2.27. The molecule has 0 bridgehead atoms. The van der Waals surface area contributed by atoms with Crippen molar-refractivity contribution in [1.82, 2.24) is 5.16 Å². The molecule has 1 unspecified atom stereocenters. The third kappa shape index (κ3) is 1.31. The van der Waals surface area contributed by atoms with Gasteiger partial charge in [0.25, 0.3) is 0 Å². The fraction of sp³-hybridized carbons (Fsp3) is 0.600. The number of hydrogen-bond donors (Lipinski definition) is 1. The molecule has 14 heavy (non-hydrogen) atoms. The van der Waals surface area contributed by atoms with Gasteiger partial charge in [-0.15, -0.1) is 0 Å². The smallest absolute Gasteiger partial charge is 0.358 e. The summed E-state index contributed by atoms with van der Waals surface area (Å²) in [5.41, 5.74) is 0.925. The summed E-state index contributed by atoms with van der Waals surface area (Å²) in [6.07, 6.45) is 3.89. The average molecular weight is 195 g/mol. The van der Waals surface area contributed by atoms with Crippen LogP contribution in [0, 0.1) is 0 Å². The molecule has 4 heteroatoms. The topological polar surface area (TPSA) is 63.3 Å². The molecule has 0 aliphatic heterocycles. The first kappa shape index (κ1) is 9.24. The van der Waals surface area contributed by atoms with Crippen molar-refractivity contribution in [3.63, 3.8) is 0 Å². The van der Waals surface area contributed by atoms with E-state index in [1.54, 1.807) is 0 Å². The molecule has 1 atom stereocenters. The van der Waals surface area contributed by atoms with Gasteiger partial charge in [0.2, 0.25) is 0 Å². The molecule has 0 fully saturated rings. The number of carbonyl (C=O) groups is 1. The molecular weight excluding hydrogens is 182 g/mol. The van der Waals surface area contributed by atoms with Crippen LogP contribution in [0.25, 0.3) is 0 Å². The van der Waals surface area contributed by atoms with Crippen LogP contribution in [0.5, 0.6) is 0 Å². The molecule has 1 N–H and O–H groups in total. The van der Waals surface area contributed by atoms with Crippen LogP contribution in [0.2, 0.25) is 0 Å². The van der Waals surface area contributed by atoms with E-state index in [0.717, 1.165) is 37.0 Å². The van der Waals surface area contributed by atoms with E-state index in [0.29, 0.717) is 5.92 Å². The largest absolute Gasteiger partial charge is 0.476 e. The van der Waals surface area contributed by atoms with Crippen molar-refractivity contribution >= 4 is 5.97 Å². The van der Waals surface area contributed by atoms with E-state index < -0.39 is 5.97 Å². The van der Waals surface area contributed by atoms with Crippen LogP contribution < -0.4 is 0 Å². The Balaban J connectivity index is 2.42. The lowest BCUT2D eigenvalue weighted by molar-refractivity contribution is 0.0684. The minimum Gasteiger partial charge on any atom is -0.476 e. The molecule has 1 aromatic heterocycles. The maximum absolute atomic E-state index is 10.8. The number of rotatable bonds is 2. The zero-order valence-electron chi connectivity index (χ0n) is 8.12. The van der Waals surface area contributed by atoms with E-state index in [1.165, 1.54) is 0 Å². The summed E-state index contributed by atoms with van der Waals surface area (Å²) in [5.74, 6) is 0.183. The molecule has 0 radical (unpaired) electrons. The van der Waals surface area contributed by atoms with Gasteiger partial charge in [-0.2, -0.15) is 0 Å². The lowest BCUT2D eigenvalue weighted by Crippen LogP contribution is -2.10. The molecule has 0 saturated heterocycles. The Morgan fingerprint density at radius 1 is 1.71 bits per heavy atom. The lowest BCUT2D eigenvalue weighted by atomic mass is 9.86. The second kappa shape index (κ2) is 3.44. The Morgan fingerprint density at radius 3 is 3.14 bits per heavy atom. The number of aromatic nitrogens is 1. The van der Waals surface area contributed by atoms with Crippen LogP contribution in [0.15, 0.2) is 4.52 Å². The van der Waals surface area contributed by atoms with Crippen molar-refractivity contribution in [2.24, 2.45) is 0 Å². The lowest BCUT2D eigenvalue weighted by Gasteiger charge is -2.17. The molecule has 1 heterocycles. The molecule has 0 spiro atoms. The third-order valence-electron chi connectivity index (χ3n) is 2.86. The maximum atomic E-state index is 10.8. The maximum Gasteiger partial charge on any atom is 0.358 e. The average Bonchev–Trinajstić information content (AvgIpc) is 2.60. The van der Waals surface area contributed by atoms with Gasteiger partial charge in [-0.1, -0.05) is 12.1 Å². The highest BCUT2D eigenvalue weighted by Crippen LogP contribution is 2.35. The SMILES string of the molecule is CCC1CCCc2c(C(=O)O)noc21. The van der Waals surface area contributed by atoms with Gasteiger partial charge in [0.15, 0.2) is 5.69 Å². The van der Waals surface area contributed by atoms with Gasteiger partial charge in [0, 0.05) is 11.5 Å². The van der Waals surface area contributed by atoms with Gasteiger partial charge < -0.3 is 9.63 Å². The highest BCUT2D eigenvalue weighted by Gasteiger charge is 2.29. The van der Waals surface area contributed by atoms with Crippen molar-refractivity contribution in [1.29, 1.82) is 0 Å². The Bertz CT molecular complexity index is 356. The van der Waals surface area contributed by atoms with E-state index in [-0.39, 0.29) is 5.69 Å². The minimum absolute atomic E-state index is 0.109. The van der Waals surface area contributed by atoms with Gasteiger partial charge in [-0.3, -0.25) is 0 Å². The molecule has 2 rings (SSSR count). The standard InChI is InChI=1S/C10H13NO3/c1-2-6-4-3-5-7-8(10(12)13)11-14-9(6)7/h6H,2-5H2,1H3,(H,12,13). The molecule has 1 aliphatic carbocycles. The first-order valence-corrected chi connectivity index (χ1v) is 4.95. The first-order valence-electron chi connectivity index (χ1n) is 4.95. The van der Waals surface area contributed by atoms with Gasteiger partial charge in [0.1, 0.15) is 5.76 Å². The molecule has 0 amide bonds. The summed E-state index contributed by atoms with van der Waals surface area (Å²) in [7, 11) is 0. The Morgan fingerprint density at radius 2 is 2.50 bits per heavy atom. The van der Waals surface area contributed by atoms with Crippen LogP contribution in [0.3, 0.4) is 0 Å². The van der Waals surface area contributed by atoms with Crippen molar-refractivity contribution in [3.8, 4) is 0 Å². The molecule has 1 aromatic rings. The number of carboxylic acids is 1. The molecule has 4 nitrogen and oxygen atoms in total. The highest BCUT2D eigenvalue weighted by molar-refractivity contribution is 5.87. The molecule has 0 saturated carbocycles. The summed E-state index contributed by atoms with van der Waals surface area (Å²) < 4.78 is 5.12.